The van der Waals surface area contributed by atoms with Gasteiger partial charge in [-0.15, -0.1) is 0 Å². The van der Waals surface area contributed by atoms with Crippen LogP contribution in [0.15, 0.2) is 52.0 Å². The second kappa shape index (κ2) is 8.05. The van der Waals surface area contributed by atoms with Crippen LogP contribution in [0.1, 0.15) is 42.3 Å². The summed E-state index contributed by atoms with van der Waals surface area (Å²) in [5, 5.41) is 2.78. The molecular formula is C19H24N2O4S. The van der Waals surface area contributed by atoms with Gasteiger partial charge in [0.05, 0.1) is 11.2 Å². The zero-order valence-electron chi connectivity index (χ0n) is 14.8. The fraction of sp³-hybridized carbons (Fsp3) is 0.421. The lowest BCUT2D eigenvalue weighted by Crippen LogP contribution is -2.41. The van der Waals surface area contributed by atoms with E-state index in [1.54, 1.807) is 40.7 Å². The predicted octanol–water partition coefficient (Wildman–Crippen LogP) is 2.82. The van der Waals surface area contributed by atoms with Crippen molar-refractivity contribution in [2.45, 2.75) is 43.5 Å². The van der Waals surface area contributed by atoms with Gasteiger partial charge in [0.15, 0.2) is 5.76 Å². The number of nitrogens with zero attached hydrogens (tertiary/aromatic N) is 1. The van der Waals surface area contributed by atoms with Crippen LogP contribution in [-0.2, 0) is 16.4 Å². The molecule has 140 valence electrons. The summed E-state index contributed by atoms with van der Waals surface area (Å²) in [4.78, 5) is 12.1. The molecule has 1 aliphatic rings. The molecule has 26 heavy (non-hydrogen) atoms. The van der Waals surface area contributed by atoms with Crippen molar-refractivity contribution < 1.29 is 17.6 Å². The number of carbonyl (C=O) groups is 1. The minimum absolute atomic E-state index is 0.0465. The standard InChI is InChI=1S/C19H24N2O4S/c1-15-5-2-3-13-21(15)26(23,24)17-9-7-16(8-10-17)11-12-20-19(22)18-6-4-14-25-18/h4,6-10,14-15H,2-3,5,11-13H2,1H3,(H,20,22). The number of sulfonamides is 1. The van der Waals surface area contributed by atoms with Gasteiger partial charge < -0.3 is 9.73 Å². The number of carbonyl (C=O) groups excluding carboxylic acids is 1. The first-order valence-corrected chi connectivity index (χ1v) is 10.3. The maximum absolute atomic E-state index is 12.8. The molecule has 1 saturated heterocycles. The van der Waals surface area contributed by atoms with E-state index in [0.29, 0.717) is 24.4 Å². The highest BCUT2D eigenvalue weighted by Crippen LogP contribution is 2.25. The quantitative estimate of drug-likeness (QED) is 0.841. The Labute approximate surface area is 154 Å². The molecule has 1 amide bonds. The van der Waals surface area contributed by atoms with Crippen molar-refractivity contribution in [1.82, 2.24) is 9.62 Å². The molecule has 1 aliphatic heterocycles. The fourth-order valence-corrected chi connectivity index (χ4v) is 4.91. The van der Waals surface area contributed by atoms with Crippen molar-refractivity contribution in [3.63, 3.8) is 0 Å². The van der Waals surface area contributed by atoms with E-state index in [0.717, 1.165) is 24.8 Å². The fourth-order valence-electron chi connectivity index (χ4n) is 3.21. The summed E-state index contributed by atoms with van der Waals surface area (Å²) in [7, 11) is -3.44. The van der Waals surface area contributed by atoms with E-state index in [9.17, 15) is 13.2 Å². The van der Waals surface area contributed by atoms with E-state index in [1.807, 2.05) is 6.92 Å². The highest BCUT2D eigenvalue weighted by molar-refractivity contribution is 7.89. The Morgan fingerprint density at radius 2 is 2.00 bits per heavy atom. The van der Waals surface area contributed by atoms with Crippen LogP contribution < -0.4 is 5.32 Å². The lowest BCUT2D eigenvalue weighted by Gasteiger charge is -2.32. The summed E-state index contributed by atoms with van der Waals surface area (Å²) in [5.41, 5.74) is 0.968. The molecule has 0 aliphatic carbocycles. The van der Waals surface area contributed by atoms with Crippen LogP contribution in [0.3, 0.4) is 0 Å². The smallest absolute Gasteiger partial charge is 0.286 e. The summed E-state index contributed by atoms with van der Waals surface area (Å²) in [6.07, 6.45) is 4.98. The first-order valence-electron chi connectivity index (χ1n) is 8.91. The molecule has 0 spiro atoms. The zero-order chi connectivity index (χ0) is 18.6. The van der Waals surface area contributed by atoms with Crippen LogP contribution in [0.4, 0.5) is 0 Å². The number of hydrogen-bond acceptors (Lipinski definition) is 4. The number of rotatable bonds is 6. The number of amides is 1. The SMILES string of the molecule is CC1CCCCN1S(=O)(=O)c1ccc(CCNC(=O)c2ccco2)cc1. The van der Waals surface area contributed by atoms with Crippen molar-refractivity contribution in [3.8, 4) is 0 Å². The van der Waals surface area contributed by atoms with Crippen molar-refractivity contribution >= 4 is 15.9 Å². The topological polar surface area (TPSA) is 79.6 Å². The molecule has 1 aromatic heterocycles. The third kappa shape index (κ3) is 4.16. The lowest BCUT2D eigenvalue weighted by molar-refractivity contribution is 0.0926. The van der Waals surface area contributed by atoms with Crippen LogP contribution in [-0.4, -0.2) is 37.8 Å². The number of benzene rings is 1. The lowest BCUT2D eigenvalue weighted by atomic mass is 10.1. The molecule has 1 N–H and O–H groups in total. The molecule has 1 fully saturated rings. The molecule has 0 saturated carbocycles. The molecule has 6 nitrogen and oxygen atoms in total. The van der Waals surface area contributed by atoms with E-state index >= 15 is 0 Å². The Morgan fingerprint density at radius 3 is 2.65 bits per heavy atom. The minimum atomic E-state index is -3.44. The summed E-state index contributed by atoms with van der Waals surface area (Å²) < 4.78 is 32.2. The molecule has 3 rings (SSSR count). The molecule has 1 atom stereocenters. The van der Waals surface area contributed by atoms with E-state index in [-0.39, 0.29) is 17.7 Å². The average molecular weight is 376 g/mol. The van der Waals surface area contributed by atoms with Crippen LogP contribution in [0, 0.1) is 0 Å². The highest BCUT2D eigenvalue weighted by atomic mass is 32.2. The first-order chi connectivity index (χ1) is 12.5. The molecule has 2 heterocycles. The van der Waals surface area contributed by atoms with Crippen molar-refractivity contribution in [2.24, 2.45) is 0 Å². The molecule has 7 heteroatoms. The van der Waals surface area contributed by atoms with E-state index in [4.69, 9.17) is 4.42 Å². The summed E-state index contributed by atoms with van der Waals surface area (Å²) in [5.74, 6) is 0.0235. The maximum atomic E-state index is 12.8. The molecule has 1 unspecified atom stereocenters. The van der Waals surface area contributed by atoms with Crippen LogP contribution in [0.2, 0.25) is 0 Å². The van der Waals surface area contributed by atoms with Gasteiger partial charge in [0.2, 0.25) is 10.0 Å². The maximum Gasteiger partial charge on any atom is 0.286 e. The van der Waals surface area contributed by atoms with Gasteiger partial charge in [-0.25, -0.2) is 8.42 Å². The van der Waals surface area contributed by atoms with Gasteiger partial charge in [-0.05, 0) is 56.0 Å². The predicted molar refractivity (Wildman–Crippen MR) is 98.4 cm³/mol. The van der Waals surface area contributed by atoms with Crippen molar-refractivity contribution in [3.05, 3.63) is 54.0 Å². The van der Waals surface area contributed by atoms with Gasteiger partial charge >= 0.3 is 0 Å². The van der Waals surface area contributed by atoms with Crippen molar-refractivity contribution in [1.29, 1.82) is 0 Å². The van der Waals surface area contributed by atoms with E-state index in [2.05, 4.69) is 5.32 Å². The molecule has 0 radical (unpaired) electrons. The third-order valence-corrected chi connectivity index (χ3v) is 6.74. The first kappa shape index (κ1) is 18.7. The van der Waals surface area contributed by atoms with Gasteiger partial charge in [-0.2, -0.15) is 4.31 Å². The van der Waals surface area contributed by atoms with Gasteiger partial charge in [-0.1, -0.05) is 18.6 Å². The number of nitrogens with one attached hydrogen (secondary N) is 1. The number of piperidine rings is 1. The highest BCUT2D eigenvalue weighted by Gasteiger charge is 2.30. The summed E-state index contributed by atoms with van der Waals surface area (Å²) in [6.45, 7) is 3.01. The number of hydrogen-bond donors (Lipinski definition) is 1. The summed E-state index contributed by atoms with van der Waals surface area (Å²) >= 11 is 0. The molecule has 2 aromatic rings. The largest absolute Gasteiger partial charge is 0.459 e. The molecule has 1 aromatic carbocycles. The summed E-state index contributed by atoms with van der Waals surface area (Å²) in [6, 6.07) is 10.2. The average Bonchev–Trinajstić information content (AvgIpc) is 3.17. The van der Waals surface area contributed by atoms with Crippen LogP contribution in [0.25, 0.3) is 0 Å². The third-order valence-electron chi connectivity index (χ3n) is 4.72. The minimum Gasteiger partial charge on any atom is -0.459 e. The Morgan fingerprint density at radius 1 is 1.23 bits per heavy atom. The molecule has 0 bridgehead atoms. The van der Waals surface area contributed by atoms with Gasteiger partial charge in [-0.3, -0.25) is 4.79 Å². The van der Waals surface area contributed by atoms with Crippen LogP contribution in [0.5, 0.6) is 0 Å². The van der Waals surface area contributed by atoms with Gasteiger partial charge in [0.25, 0.3) is 5.91 Å². The molecular weight excluding hydrogens is 352 g/mol. The zero-order valence-corrected chi connectivity index (χ0v) is 15.7. The van der Waals surface area contributed by atoms with Gasteiger partial charge in [0, 0.05) is 19.1 Å². The second-order valence-corrected chi connectivity index (χ2v) is 8.48. The number of furan rings is 1. The Balaban J connectivity index is 1.58. The normalized spacial score (nSPS) is 18.6. The van der Waals surface area contributed by atoms with E-state index in [1.165, 1.54) is 6.26 Å². The Hall–Kier alpha value is -2.12. The van der Waals surface area contributed by atoms with Gasteiger partial charge in [0.1, 0.15) is 0 Å². The Kier molecular flexibility index (Phi) is 5.78. The Bertz CT molecular complexity index is 829. The van der Waals surface area contributed by atoms with E-state index < -0.39 is 10.0 Å². The monoisotopic (exact) mass is 376 g/mol. The van der Waals surface area contributed by atoms with Crippen LogP contribution >= 0.6 is 0 Å². The van der Waals surface area contributed by atoms with Crippen molar-refractivity contribution in [2.75, 3.05) is 13.1 Å². The second-order valence-electron chi connectivity index (χ2n) is 6.59.